The highest BCUT2D eigenvalue weighted by Crippen LogP contribution is 2.16. The Labute approximate surface area is 91.3 Å². The van der Waals surface area contributed by atoms with Gasteiger partial charge in [-0.3, -0.25) is 0 Å². The van der Waals surface area contributed by atoms with E-state index in [-0.39, 0.29) is 6.10 Å². The molecule has 2 heterocycles. The predicted molar refractivity (Wildman–Crippen MR) is 57.0 cm³/mol. The molecular formula is C11H21NO3. The summed E-state index contributed by atoms with van der Waals surface area (Å²) < 4.78 is 16.8. The first-order valence-corrected chi connectivity index (χ1v) is 5.88. The van der Waals surface area contributed by atoms with Crippen LogP contribution >= 0.6 is 0 Å². The van der Waals surface area contributed by atoms with Crippen molar-refractivity contribution in [2.45, 2.75) is 37.5 Å². The monoisotopic (exact) mass is 215 g/mol. The Morgan fingerprint density at radius 2 is 2.27 bits per heavy atom. The molecular weight excluding hydrogens is 194 g/mol. The molecule has 2 rings (SSSR count). The molecule has 4 heteroatoms. The summed E-state index contributed by atoms with van der Waals surface area (Å²) in [6.45, 7) is 3.15. The Hall–Kier alpha value is -0.160. The van der Waals surface area contributed by atoms with Gasteiger partial charge in [0, 0.05) is 19.3 Å². The number of hydrogen-bond acceptors (Lipinski definition) is 4. The zero-order chi connectivity index (χ0) is 10.5. The van der Waals surface area contributed by atoms with Crippen LogP contribution in [0.3, 0.4) is 0 Å². The first kappa shape index (κ1) is 11.3. The molecule has 0 saturated carbocycles. The van der Waals surface area contributed by atoms with Crippen molar-refractivity contribution in [3.05, 3.63) is 0 Å². The third-order valence-electron chi connectivity index (χ3n) is 3.20. The second-order valence-electron chi connectivity index (χ2n) is 4.27. The van der Waals surface area contributed by atoms with Gasteiger partial charge < -0.3 is 19.5 Å². The summed E-state index contributed by atoms with van der Waals surface area (Å²) in [5.74, 6) is 0. The summed E-state index contributed by atoms with van der Waals surface area (Å²) in [5, 5.41) is 3.28. The number of rotatable bonds is 4. The van der Waals surface area contributed by atoms with E-state index in [0.717, 1.165) is 26.1 Å². The topological polar surface area (TPSA) is 39.7 Å². The molecule has 2 saturated heterocycles. The summed E-state index contributed by atoms with van der Waals surface area (Å²) >= 11 is 0. The van der Waals surface area contributed by atoms with E-state index in [1.54, 1.807) is 0 Å². The van der Waals surface area contributed by atoms with Gasteiger partial charge in [0.1, 0.15) is 0 Å². The first-order valence-electron chi connectivity index (χ1n) is 5.88. The van der Waals surface area contributed by atoms with Crippen molar-refractivity contribution in [2.75, 3.05) is 33.5 Å². The largest absolute Gasteiger partial charge is 0.379 e. The van der Waals surface area contributed by atoms with Gasteiger partial charge in [-0.15, -0.1) is 0 Å². The first-order chi connectivity index (χ1) is 7.40. The van der Waals surface area contributed by atoms with Crippen LogP contribution in [-0.2, 0) is 14.2 Å². The summed E-state index contributed by atoms with van der Waals surface area (Å²) in [4.78, 5) is 0. The maximum Gasteiger partial charge on any atom is 0.0962 e. The second kappa shape index (κ2) is 5.80. The quantitative estimate of drug-likeness (QED) is 0.744. The minimum Gasteiger partial charge on any atom is -0.379 e. The Bertz CT molecular complexity index is 183. The van der Waals surface area contributed by atoms with Crippen LogP contribution in [-0.4, -0.2) is 51.7 Å². The minimum absolute atomic E-state index is 0.188. The Morgan fingerprint density at radius 3 is 3.00 bits per heavy atom. The number of likely N-dealkylation sites (N-methyl/N-ethyl adjacent to an activating group) is 1. The molecule has 0 amide bonds. The third kappa shape index (κ3) is 3.14. The number of nitrogens with one attached hydrogen (secondary N) is 1. The maximum atomic E-state index is 5.86. The van der Waals surface area contributed by atoms with E-state index < -0.39 is 0 Å². The molecule has 0 aromatic heterocycles. The van der Waals surface area contributed by atoms with Gasteiger partial charge in [-0.25, -0.2) is 0 Å². The molecule has 0 aromatic rings. The van der Waals surface area contributed by atoms with Crippen LogP contribution < -0.4 is 5.32 Å². The lowest BCUT2D eigenvalue weighted by Gasteiger charge is -2.31. The molecule has 0 bridgehead atoms. The van der Waals surface area contributed by atoms with Crippen molar-refractivity contribution < 1.29 is 14.2 Å². The van der Waals surface area contributed by atoms with Crippen molar-refractivity contribution in [1.82, 2.24) is 5.32 Å². The fraction of sp³-hybridized carbons (Fsp3) is 1.00. The smallest absolute Gasteiger partial charge is 0.0962 e. The zero-order valence-electron chi connectivity index (χ0n) is 9.41. The van der Waals surface area contributed by atoms with Crippen molar-refractivity contribution >= 4 is 0 Å². The fourth-order valence-electron chi connectivity index (χ4n) is 2.21. The molecule has 2 aliphatic heterocycles. The van der Waals surface area contributed by atoms with Crippen molar-refractivity contribution in [1.29, 1.82) is 0 Å². The highest BCUT2D eigenvalue weighted by molar-refractivity contribution is 4.79. The van der Waals surface area contributed by atoms with E-state index in [9.17, 15) is 0 Å². The van der Waals surface area contributed by atoms with Crippen LogP contribution in [0.15, 0.2) is 0 Å². The van der Waals surface area contributed by atoms with Gasteiger partial charge in [0.05, 0.1) is 25.4 Å². The normalized spacial score (nSPS) is 37.0. The molecule has 1 N–H and O–H groups in total. The Morgan fingerprint density at radius 1 is 1.33 bits per heavy atom. The van der Waals surface area contributed by atoms with Gasteiger partial charge in [-0.2, -0.15) is 0 Å². The lowest BCUT2D eigenvalue weighted by Crippen LogP contribution is -2.47. The Kier molecular flexibility index (Phi) is 4.38. The van der Waals surface area contributed by atoms with Gasteiger partial charge in [0.15, 0.2) is 0 Å². The second-order valence-corrected chi connectivity index (χ2v) is 4.27. The number of hydrogen-bond donors (Lipinski definition) is 1. The van der Waals surface area contributed by atoms with Crippen LogP contribution in [0.1, 0.15) is 19.3 Å². The van der Waals surface area contributed by atoms with Crippen molar-refractivity contribution in [2.24, 2.45) is 0 Å². The van der Waals surface area contributed by atoms with Gasteiger partial charge in [-0.1, -0.05) is 0 Å². The molecule has 2 fully saturated rings. The van der Waals surface area contributed by atoms with Crippen LogP contribution in [0.2, 0.25) is 0 Å². The van der Waals surface area contributed by atoms with E-state index in [0.29, 0.717) is 25.4 Å². The molecule has 88 valence electrons. The van der Waals surface area contributed by atoms with E-state index in [1.165, 1.54) is 6.42 Å². The summed E-state index contributed by atoms with van der Waals surface area (Å²) in [6, 6.07) is 0.431. The molecule has 0 spiro atoms. The predicted octanol–water partition coefficient (Wildman–Crippen LogP) is 0.559. The number of ether oxygens (including phenoxy) is 3. The van der Waals surface area contributed by atoms with E-state index in [4.69, 9.17) is 14.2 Å². The highest BCUT2D eigenvalue weighted by atomic mass is 16.6. The average molecular weight is 215 g/mol. The lowest BCUT2D eigenvalue weighted by atomic mass is 10.1. The van der Waals surface area contributed by atoms with Gasteiger partial charge in [0.2, 0.25) is 0 Å². The minimum atomic E-state index is 0.188. The van der Waals surface area contributed by atoms with E-state index in [2.05, 4.69) is 5.32 Å². The molecule has 2 aliphatic rings. The van der Waals surface area contributed by atoms with Gasteiger partial charge >= 0.3 is 0 Å². The molecule has 0 radical (unpaired) electrons. The van der Waals surface area contributed by atoms with Crippen LogP contribution in [0.25, 0.3) is 0 Å². The third-order valence-corrected chi connectivity index (χ3v) is 3.20. The van der Waals surface area contributed by atoms with Crippen LogP contribution in [0.5, 0.6) is 0 Å². The van der Waals surface area contributed by atoms with Gasteiger partial charge in [0.25, 0.3) is 0 Å². The molecule has 0 aromatic carbocycles. The van der Waals surface area contributed by atoms with Crippen molar-refractivity contribution in [3.63, 3.8) is 0 Å². The molecule has 4 nitrogen and oxygen atoms in total. The van der Waals surface area contributed by atoms with Gasteiger partial charge in [-0.05, 0) is 26.3 Å². The molecule has 0 aliphatic carbocycles. The highest BCUT2D eigenvalue weighted by Gasteiger charge is 2.26. The lowest BCUT2D eigenvalue weighted by molar-refractivity contribution is -0.0908. The van der Waals surface area contributed by atoms with Crippen molar-refractivity contribution in [3.8, 4) is 0 Å². The molecule has 3 unspecified atom stereocenters. The Balaban J connectivity index is 1.71. The SMILES string of the molecule is CNC1CCOCC1OCC1CCCO1. The molecule has 3 atom stereocenters. The molecule has 15 heavy (non-hydrogen) atoms. The van der Waals surface area contributed by atoms with E-state index in [1.807, 2.05) is 7.05 Å². The van der Waals surface area contributed by atoms with E-state index >= 15 is 0 Å². The standard InChI is InChI=1S/C11H21NO3/c1-12-10-4-6-13-8-11(10)15-7-9-3-2-5-14-9/h9-12H,2-8H2,1H3. The summed E-state index contributed by atoms with van der Waals surface area (Å²) in [7, 11) is 1.98. The average Bonchev–Trinajstić information content (AvgIpc) is 2.79. The maximum absolute atomic E-state index is 5.86. The summed E-state index contributed by atoms with van der Waals surface area (Å²) in [6.07, 6.45) is 3.84. The fourth-order valence-corrected chi connectivity index (χ4v) is 2.21. The van der Waals surface area contributed by atoms with Crippen LogP contribution in [0, 0.1) is 0 Å². The van der Waals surface area contributed by atoms with Crippen LogP contribution in [0.4, 0.5) is 0 Å². The zero-order valence-corrected chi connectivity index (χ0v) is 9.41. The summed E-state index contributed by atoms with van der Waals surface area (Å²) in [5.41, 5.74) is 0.